The lowest BCUT2D eigenvalue weighted by molar-refractivity contribution is -0.155. The smallest absolute Gasteiger partial charge is 0.460 e. The number of carbonyl (C=O) groups excluding carboxylic acids is 2. The van der Waals surface area contributed by atoms with Gasteiger partial charge in [-0.15, -0.1) is 0 Å². The van der Waals surface area contributed by atoms with Crippen molar-refractivity contribution in [2.75, 3.05) is 0 Å². The summed E-state index contributed by atoms with van der Waals surface area (Å²) >= 11 is 3.38. The van der Waals surface area contributed by atoms with Gasteiger partial charge in [-0.25, -0.2) is 0 Å². The number of nitrogens with zero attached hydrogens (tertiary/aromatic N) is 2. The number of carbonyl (C=O) groups is 2. The van der Waals surface area contributed by atoms with Crippen LogP contribution < -0.4 is 5.46 Å². The molecule has 3 rings (SSSR count). The van der Waals surface area contributed by atoms with Crippen LogP contribution in [0.4, 0.5) is 0 Å². The number of hydrogen-bond acceptors (Lipinski definition) is 8. The molecule has 0 unspecified atom stereocenters. The zero-order chi connectivity index (χ0) is 30.7. The van der Waals surface area contributed by atoms with Crippen LogP contribution in [0, 0.1) is 13.8 Å². The first-order chi connectivity index (χ1) is 18.1. The van der Waals surface area contributed by atoms with E-state index in [0.29, 0.717) is 0 Å². The maximum Gasteiger partial charge on any atom is 0.496 e. The second-order valence-corrected chi connectivity index (χ2v) is 13.9. The van der Waals surface area contributed by atoms with Crippen LogP contribution in [-0.2, 0) is 41.2 Å². The van der Waals surface area contributed by atoms with Crippen molar-refractivity contribution in [1.82, 2.24) is 9.97 Å². The summed E-state index contributed by atoms with van der Waals surface area (Å²) in [5, 5.41) is 0. The standard InChI is InChI=1S/C18H28BNO4.C12H16BrNO2/c1-12-14(19-23-17(5,6)18(7,8)24-19)9-13(11-20-12)10-15(21)22-16(2,3)4;1-8-10(13)5-9(7-14-8)6-11(15)16-12(2,3)4/h9,11H,10H2,1-8H3;5,7H,6H2,1-4H3. The van der Waals surface area contributed by atoms with Crippen LogP contribution in [0.15, 0.2) is 29.0 Å². The van der Waals surface area contributed by atoms with Crippen molar-refractivity contribution < 1.29 is 28.4 Å². The van der Waals surface area contributed by atoms with Crippen LogP contribution in [-0.4, -0.2) is 51.4 Å². The monoisotopic (exact) mass is 618 g/mol. The van der Waals surface area contributed by atoms with Crippen LogP contribution in [0.3, 0.4) is 0 Å². The second-order valence-electron chi connectivity index (χ2n) is 13.0. The van der Waals surface area contributed by atoms with Gasteiger partial charge in [-0.3, -0.25) is 19.6 Å². The van der Waals surface area contributed by atoms with E-state index in [1.165, 1.54) is 0 Å². The van der Waals surface area contributed by atoms with Gasteiger partial charge in [0.2, 0.25) is 0 Å². The molecule has 1 aliphatic heterocycles. The van der Waals surface area contributed by atoms with Crippen LogP contribution in [0.25, 0.3) is 0 Å². The highest BCUT2D eigenvalue weighted by atomic mass is 79.9. The molecule has 0 saturated carbocycles. The van der Waals surface area contributed by atoms with Crippen molar-refractivity contribution in [1.29, 1.82) is 0 Å². The van der Waals surface area contributed by atoms with Gasteiger partial charge in [0.05, 0.1) is 29.7 Å². The van der Waals surface area contributed by atoms with Crippen molar-refractivity contribution in [3.8, 4) is 0 Å². The third-order valence-corrected chi connectivity index (χ3v) is 7.11. The Morgan fingerprint density at radius 1 is 0.800 bits per heavy atom. The first-order valence-corrected chi connectivity index (χ1v) is 14.2. The molecule has 3 heterocycles. The molecule has 1 saturated heterocycles. The number of aryl methyl sites for hydroxylation is 2. The minimum absolute atomic E-state index is 0.178. The molecule has 0 spiro atoms. The van der Waals surface area contributed by atoms with Gasteiger partial charge in [0.25, 0.3) is 0 Å². The highest BCUT2D eigenvalue weighted by Crippen LogP contribution is 2.36. The van der Waals surface area contributed by atoms with Gasteiger partial charge < -0.3 is 18.8 Å². The normalized spacial score (nSPS) is 16.2. The number of aromatic nitrogens is 2. The number of halogens is 1. The fraction of sp³-hybridized carbons (Fsp3) is 0.600. The zero-order valence-corrected chi connectivity index (χ0v) is 27.6. The number of ether oxygens (including phenoxy) is 2. The Labute approximate surface area is 248 Å². The Hall–Kier alpha value is -2.30. The average Bonchev–Trinajstić information content (AvgIpc) is 2.96. The third-order valence-electron chi connectivity index (χ3n) is 6.31. The average molecular weight is 619 g/mol. The zero-order valence-electron chi connectivity index (χ0n) is 26.0. The molecule has 0 N–H and O–H groups in total. The molecule has 2 aromatic heterocycles. The molecule has 0 aliphatic carbocycles. The van der Waals surface area contributed by atoms with Gasteiger partial charge in [0.1, 0.15) is 11.2 Å². The summed E-state index contributed by atoms with van der Waals surface area (Å²) in [6, 6.07) is 3.82. The van der Waals surface area contributed by atoms with Gasteiger partial charge in [0.15, 0.2) is 0 Å². The lowest BCUT2D eigenvalue weighted by Gasteiger charge is -2.32. The SMILES string of the molecule is Cc1ncc(CC(=O)OC(C)(C)C)cc1B1OC(C)(C)C(C)(C)O1.Cc1ncc(CC(=O)OC(C)(C)C)cc1Br. The van der Waals surface area contributed by atoms with E-state index in [1.807, 2.05) is 95.2 Å². The molecule has 1 fully saturated rings. The molecule has 10 heteroatoms. The molecule has 8 nitrogen and oxygen atoms in total. The molecule has 0 aromatic carbocycles. The van der Waals surface area contributed by atoms with Gasteiger partial charge in [0, 0.05) is 28.0 Å². The summed E-state index contributed by atoms with van der Waals surface area (Å²) in [5.74, 6) is -0.502. The van der Waals surface area contributed by atoms with Crippen molar-refractivity contribution in [3.05, 3.63) is 51.5 Å². The second kappa shape index (κ2) is 12.7. The lowest BCUT2D eigenvalue weighted by atomic mass is 9.77. The van der Waals surface area contributed by atoms with Crippen molar-refractivity contribution >= 4 is 40.4 Å². The van der Waals surface area contributed by atoms with E-state index in [1.54, 1.807) is 12.4 Å². The van der Waals surface area contributed by atoms with Crippen molar-refractivity contribution in [2.24, 2.45) is 0 Å². The molecular formula is C30H44BBrN2O6. The molecule has 2 aromatic rings. The van der Waals surface area contributed by atoms with Crippen LogP contribution >= 0.6 is 15.9 Å². The van der Waals surface area contributed by atoms with Crippen molar-refractivity contribution in [2.45, 2.75) is 118 Å². The molecule has 220 valence electrons. The largest absolute Gasteiger partial charge is 0.496 e. The predicted molar refractivity (Wildman–Crippen MR) is 160 cm³/mol. The highest BCUT2D eigenvalue weighted by Gasteiger charge is 2.52. The first-order valence-electron chi connectivity index (χ1n) is 13.4. The third kappa shape index (κ3) is 10.3. The fourth-order valence-corrected chi connectivity index (χ4v) is 4.03. The van der Waals surface area contributed by atoms with E-state index >= 15 is 0 Å². The van der Waals surface area contributed by atoms with E-state index in [4.69, 9.17) is 18.8 Å². The summed E-state index contributed by atoms with van der Waals surface area (Å²) < 4.78 is 23.7. The molecule has 0 bridgehead atoms. The number of hydrogen-bond donors (Lipinski definition) is 0. The quantitative estimate of drug-likeness (QED) is 0.315. The van der Waals surface area contributed by atoms with E-state index < -0.39 is 29.5 Å². The van der Waals surface area contributed by atoms with Crippen LogP contribution in [0.2, 0.25) is 0 Å². The number of rotatable bonds is 5. The van der Waals surface area contributed by atoms with E-state index in [9.17, 15) is 9.59 Å². The van der Waals surface area contributed by atoms with E-state index in [2.05, 4.69) is 25.9 Å². The molecule has 0 atom stereocenters. The van der Waals surface area contributed by atoms with Gasteiger partial charge in [-0.2, -0.15) is 0 Å². The Balaban J connectivity index is 0.000000305. The van der Waals surface area contributed by atoms with Crippen LogP contribution in [0.5, 0.6) is 0 Å². The van der Waals surface area contributed by atoms with Crippen LogP contribution in [0.1, 0.15) is 91.8 Å². The molecule has 0 radical (unpaired) electrons. The van der Waals surface area contributed by atoms with Crippen molar-refractivity contribution in [3.63, 3.8) is 0 Å². The molecule has 40 heavy (non-hydrogen) atoms. The lowest BCUT2D eigenvalue weighted by Crippen LogP contribution is -2.41. The maximum absolute atomic E-state index is 12.0. The number of esters is 2. The highest BCUT2D eigenvalue weighted by molar-refractivity contribution is 9.10. The topological polar surface area (TPSA) is 96.8 Å². The fourth-order valence-electron chi connectivity index (χ4n) is 3.63. The number of pyridine rings is 2. The Kier molecular flexibility index (Phi) is 10.8. The minimum atomic E-state index is -0.496. The molecule has 1 aliphatic rings. The Bertz CT molecular complexity index is 1200. The van der Waals surface area contributed by atoms with E-state index in [-0.39, 0.29) is 24.8 Å². The summed E-state index contributed by atoms with van der Waals surface area (Å²) in [6.07, 6.45) is 3.83. The molecular weight excluding hydrogens is 575 g/mol. The summed E-state index contributed by atoms with van der Waals surface area (Å²) in [4.78, 5) is 32.2. The van der Waals surface area contributed by atoms with E-state index in [0.717, 1.165) is 32.5 Å². The maximum atomic E-state index is 12.0. The van der Waals surface area contributed by atoms with Gasteiger partial charge >= 0.3 is 19.1 Å². The van der Waals surface area contributed by atoms with Gasteiger partial charge in [-0.05, 0) is 116 Å². The summed E-state index contributed by atoms with van der Waals surface area (Å²) in [5.41, 5.74) is 2.49. The summed E-state index contributed by atoms with van der Waals surface area (Å²) in [7, 11) is -0.485. The summed E-state index contributed by atoms with van der Waals surface area (Å²) in [6.45, 7) is 23.0. The Morgan fingerprint density at radius 2 is 1.20 bits per heavy atom. The first kappa shape index (κ1) is 33.9. The molecule has 0 amide bonds. The minimum Gasteiger partial charge on any atom is -0.460 e. The Morgan fingerprint density at radius 3 is 1.60 bits per heavy atom. The van der Waals surface area contributed by atoms with Gasteiger partial charge in [-0.1, -0.05) is 6.07 Å². The predicted octanol–water partition coefficient (Wildman–Crippen LogP) is 5.61.